The molecule has 0 spiro atoms. The van der Waals surface area contributed by atoms with Crippen molar-refractivity contribution in [2.75, 3.05) is 25.0 Å². The average Bonchev–Trinajstić information content (AvgIpc) is 2.60. The van der Waals surface area contributed by atoms with E-state index in [0.29, 0.717) is 22.3 Å². The summed E-state index contributed by atoms with van der Waals surface area (Å²) < 4.78 is 0. The monoisotopic (exact) mass is 376 g/mol. The van der Waals surface area contributed by atoms with Gasteiger partial charge in [0.15, 0.2) is 0 Å². The summed E-state index contributed by atoms with van der Waals surface area (Å²) in [5.41, 5.74) is 2.78. The van der Waals surface area contributed by atoms with E-state index in [4.69, 9.17) is 23.2 Å². The van der Waals surface area contributed by atoms with Crippen molar-refractivity contribution >= 4 is 40.4 Å². The maximum atomic E-state index is 12.3. The highest BCUT2D eigenvalue weighted by atomic mass is 35.5. The number of halogens is 2. The van der Waals surface area contributed by atoms with Gasteiger partial charge in [0.1, 0.15) is 5.75 Å². The Bertz CT molecular complexity index is 783. The minimum atomic E-state index is -0.142. The number of nitrogens with zero attached hydrogens (tertiary/aromatic N) is 1. The van der Waals surface area contributed by atoms with Crippen LogP contribution in [0.25, 0.3) is 5.57 Å². The molecule has 0 radical (unpaired) electrons. The fourth-order valence-corrected chi connectivity index (χ4v) is 3.28. The van der Waals surface area contributed by atoms with Crippen LogP contribution in [0.15, 0.2) is 48.5 Å². The predicted molar refractivity (Wildman–Crippen MR) is 102 cm³/mol. The molecule has 1 aliphatic rings. The molecule has 2 N–H and O–H groups in total. The highest BCUT2D eigenvalue weighted by Crippen LogP contribution is 2.30. The number of aromatic hydroxyl groups is 1. The van der Waals surface area contributed by atoms with Gasteiger partial charge in [-0.25, -0.2) is 0 Å². The van der Waals surface area contributed by atoms with Crippen LogP contribution in [-0.2, 0) is 4.79 Å². The summed E-state index contributed by atoms with van der Waals surface area (Å²) in [7, 11) is 0. The number of amides is 1. The summed E-state index contributed by atoms with van der Waals surface area (Å²) in [6, 6.07) is 12.3. The molecule has 0 aliphatic carbocycles. The topological polar surface area (TPSA) is 52.6 Å². The first-order valence-electron chi connectivity index (χ1n) is 7.97. The normalized spacial score (nSPS) is 14.9. The van der Waals surface area contributed by atoms with Gasteiger partial charge < -0.3 is 10.4 Å². The van der Waals surface area contributed by atoms with Gasteiger partial charge >= 0.3 is 0 Å². The quantitative estimate of drug-likeness (QED) is 0.829. The predicted octanol–water partition coefficient (Wildman–Crippen LogP) is 4.43. The number of hydrogen-bond acceptors (Lipinski definition) is 3. The lowest BCUT2D eigenvalue weighted by Gasteiger charge is -2.26. The van der Waals surface area contributed by atoms with Gasteiger partial charge in [-0.15, -0.1) is 0 Å². The summed E-state index contributed by atoms with van der Waals surface area (Å²) in [5.74, 6) is 0.119. The van der Waals surface area contributed by atoms with Crippen LogP contribution in [0.3, 0.4) is 0 Å². The minimum absolute atomic E-state index is 0.142. The number of para-hydroxylation sites is 1. The maximum absolute atomic E-state index is 12.3. The summed E-state index contributed by atoms with van der Waals surface area (Å²) in [5, 5.41) is 13.0. The molecule has 0 saturated carbocycles. The van der Waals surface area contributed by atoms with E-state index < -0.39 is 0 Å². The molecule has 4 nitrogen and oxygen atoms in total. The molecule has 1 aliphatic heterocycles. The van der Waals surface area contributed by atoms with Crippen molar-refractivity contribution in [3.63, 3.8) is 0 Å². The van der Waals surface area contributed by atoms with Gasteiger partial charge in [-0.2, -0.15) is 0 Å². The summed E-state index contributed by atoms with van der Waals surface area (Å²) >= 11 is 12.1. The molecule has 1 amide bonds. The van der Waals surface area contributed by atoms with Crippen LogP contribution in [0.2, 0.25) is 10.0 Å². The van der Waals surface area contributed by atoms with Crippen LogP contribution in [0, 0.1) is 0 Å². The van der Waals surface area contributed by atoms with Crippen molar-refractivity contribution in [1.82, 2.24) is 4.90 Å². The standard InChI is InChI=1S/C19H18Cl2N2O2/c20-16-2-1-3-17(21)19(16)22-18(25)12-23-10-8-14(9-11-23)13-4-6-15(24)7-5-13/h1-8,24H,9-12H2,(H,22,25). The highest BCUT2D eigenvalue weighted by molar-refractivity contribution is 6.39. The lowest BCUT2D eigenvalue weighted by atomic mass is 9.99. The highest BCUT2D eigenvalue weighted by Gasteiger charge is 2.17. The third-order valence-corrected chi connectivity index (χ3v) is 4.76. The van der Waals surface area contributed by atoms with Crippen LogP contribution in [0.1, 0.15) is 12.0 Å². The Labute approximate surface area is 156 Å². The molecule has 2 aromatic rings. The van der Waals surface area contributed by atoms with Crippen molar-refractivity contribution in [3.8, 4) is 5.75 Å². The molecule has 0 saturated heterocycles. The Morgan fingerprint density at radius 1 is 1.12 bits per heavy atom. The molecule has 0 unspecified atom stereocenters. The van der Waals surface area contributed by atoms with Crippen LogP contribution in [-0.4, -0.2) is 35.5 Å². The summed E-state index contributed by atoms with van der Waals surface area (Å²) in [6.45, 7) is 1.76. The van der Waals surface area contributed by atoms with Gasteiger partial charge in [0.25, 0.3) is 0 Å². The minimum Gasteiger partial charge on any atom is -0.508 e. The first-order chi connectivity index (χ1) is 12.0. The van der Waals surface area contributed by atoms with E-state index in [9.17, 15) is 9.90 Å². The molecule has 130 valence electrons. The molecule has 1 heterocycles. The second kappa shape index (κ2) is 7.91. The van der Waals surface area contributed by atoms with E-state index in [1.807, 2.05) is 12.1 Å². The van der Waals surface area contributed by atoms with Crippen LogP contribution >= 0.6 is 23.2 Å². The third-order valence-electron chi connectivity index (χ3n) is 4.13. The molecule has 0 fully saturated rings. The van der Waals surface area contributed by atoms with E-state index in [2.05, 4.69) is 16.3 Å². The zero-order valence-corrected chi connectivity index (χ0v) is 15.0. The van der Waals surface area contributed by atoms with Gasteiger partial charge in [-0.1, -0.05) is 47.5 Å². The third kappa shape index (κ3) is 4.54. The van der Waals surface area contributed by atoms with Gasteiger partial charge in [-0.3, -0.25) is 9.69 Å². The van der Waals surface area contributed by atoms with Crippen molar-refractivity contribution in [3.05, 3.63) is 64.1 Å². The average molecular weight is 377 g/mol. The van der Waals surface area contributed by atoms with E-state index in [1.54, 1.807) is 30.3 Å². The van der Waals surface area contributed by atoms with Crippen molar-refractivity contribution in [2.24, 2.45) is 0 Å². The number of phenolic OH excluding ortho intramolecular Hbond substituents is 1. The Hall–Kier alpha value is -2.01. The number of anilines is 1. The Morgan fingerprint density at radius 3 is 2.40 bits per heavy atom. The fourth-order valence-electron chi connectivity index (χ4n) is 2.79. The van der Waals surface area contributed by atoms with E-state index in [0.717, 1.165) is 18.5 Å². The smallest absolute Gasteiger partial charge is 0.238 e. The number of carbonyl (C=O) groups is 1. The molecule has 0 bridgehead atoms. The molecular formula is C19H18Cl2N2O2. The molecule has 3 rings (SSSR count). The number of phenols is 1. The number of carbonyl (C=O) groups excluding carboxylic acids is 1. The van der Waals surface area contributed by atoms with E-state index in [1.165, 1.54) is 5.57 Å². The van der Waals surface area contributed by atoms with E-state index in [-0.39, 0.29) is 18.2 Å². The van der Waals surface area contributed by atoms with Crippen molar-refractivity contribution in [1.29, 1.82) is 0 Å². The van der Waals surface area contributed by atoms with Crippen LogP contribution in [0.5, 0.6) is 5.75 Å². The van der Waals surface area contributed by atoms with Gasteiger partial charge in [0.2, 0.25) is 5.91 Å². The second-order valence-electron chi connectivity index (χ2n) is 5.91. The molecular weight excluding hydrogens is 359 g/mol. The van der Waals surface area contributed by atoms with Gasteiger partial charge in [-0.05, 0) is 41.8 Å². The zero-order chi connectivity index (χ0) is 17.8. The maximum Gasteiger partial charge on any atom is 0.238 e. The summed E-state index contributed by atoms with van der Waals surface area (Å²) in [4.78, 5) is 14.3. The van der Waals surface area contributed by atoms with Crippen molar-refractivity contribution < 1.29 is 9.90 Å². The number of rotatable bonds is 4. The Kier molecular flexibility index (Phi) is 5.63. The largest absolute Gasteiger partial charge is 0.508 e. The SMILES string of the molecule is O=C(CN1CC=C(c2ccc(O)cc2)CC1)Nc1c(Cl)cccc1Cl. The molecule has 2 aromatic carbocycles. The molecule has 25 heavy (non-hydrogen) atoms. The number of nitrogens with one attached hydrogen (secondary N) is 1. The lowest BCUT2D eigenvalue weighted by Crippen LogP contribution is -2.36. The second-order valence-corrected chi connectivity index (χ2v) is 6.72. The molecule has 0 aromatic heterocycles. The van der Waals surface area contributed by atoms with Gasteiger partial charge in [0.05, 0.1) is 22.3 Å². The molecule has 0 atom stereocenters. The van der Waals surface area contributed by atoms with Crippen molar-refractivity contribution in [2.45, 2.75) is 6.42 Å². The number of benzene rings is 2. The van der Waals surface area contributed by atoms with Gasteiger partial charge in [0, 0.05) is 13.1 Å². The van der Waals surface area contributed by atoms with Crippen LogP contribution in [0.4, 0.5) is 5.69 Å². The zero-order valence-electron chi connectivity index (χ0n) is 13.5. The Morgan fingerprint density at radius 2 is 1.80 bits per heavy atom. The lowest BCUT2D eigenvalue weighted by molar-refractivity contribution is -0.117. The first kappa shape index (κ1) is 17.8. The Balaban J connectivity index is 1.58. The first-order valence-corrected chi connectivity index (χ1v) is 8.73. The fraction of sp³-hybridized carbons (Fsp3) is 0.211. The molecule has 6 heteroatoms. The summed E-state index contributed by atoms with van der Waals surface area (Å²) in [6.07, 6.45) is 2.97. The van der Waals surface area contributed by atoms with E-state index >= 15 is 0 Å². The van der Waals surface area contributed by atoms with Crippen LogP contribution < -0.4 is 5.32 Å². The number of hydrogen-bond donors (Lipinski definition) is 2.